The van der Waals surface area contributed by atoms with Gasteiger partial charge in [0.05, 0.1) is 19.3 Å². The number of hydrogen-bond donors (Lipinski definition) is 2. The standard InChI is InChI=1S/C18H24N2O2S/c21-17(13-22-14-18-7-4-10-23-18)12-20-9-8-16(11-20)19-15-5-2-1-3-6-15/h1-7,10,16-17,19,21H,8-9,11-14H2/t16-,17+/m1/s1. The third-order valence-electron chi connectivity index (χ3n) is 4.02. The van der Waals surface area contributed by atoms with Gasteiger partial charge in [0.25, 0.3) is 0 Å². The second-order valence-corrected chi connectivity index (χ2v) is 7.04. The molecule has 0 bridgehead atoms. The molecule has 3 rings (SSSR count). The number of rotatable bonds is 8. The Bertz CT molecular complexity index is 562. The van der Waals surface area contributed by atoms with Crippen molar-refractivity contribution in [3.63, 3.8) is 0 Å². The van der Waals surface area contributed by atoms with Crippen molar-refractivity contribution in [2.45, 2.75) is 25.2 Å². The lowest BCUT2D eigenvalue weighted by atomic mass is 10.2. The van der Waals surface area contributed by atoms with E-state index in [9.17, 15) is 5.11 Å². The fourth-order valence-electron chi connectivity index (χ4n) is 2.93. The first kappa shape index (κ1) is 16.5. The number of aliphatic hydroxyl groups is 1. The van der Waals surface area contributed by atoms with Gasteiger partial charge in [-0.05, 0) is 30.0 Å². The van der Waals surface area contributed by atoms with Crippen molar-refractivity contribution in [1.82, 2.24) is 4.90 Å². The van der Waals surface area contributed by atoms with Gasteiger partial charge in [0.1, 0.15) is 0 Å². The molecule has 1 saturated heterocycles. The highest BCUT2D eigenvalue weighted by molar-refractivity contribution is 7.09. The minimum absolute atomic E-state index is 0.394. The van der Waals surface area contributed by atoms with Crippen LogP contribution in [0.25, 0.3) is 0 Å². The molecule has 0 spiro atoms. The first-order valence-corrected chi connectivity index (χ1v) is 8.99. The number of para-hydroxylation sites is 1. The smallest absolute Gasteiger partial charge is 0.0900 e. The van der Waals surface area contributed by atoms with Crippen LogP contribution in [-0.4, -0.2) is 48.4 Å². The number of thiophene rings is 1. The van der Waals surface area contributed by atoms with E-state index in [0.29, 0.717) is 25.8 Å². The summed E-state index contributed by atoms with van der Waals surface area (Å²) in [7, 11) is 0. The zero-order chi connectivity index (χ0) is 15.9. The van der Waals surface area contributed by atoms with Crippen LogP contribution < -0.4 is 5.32 Å². The predicted molar refractivity (Wildman–Crippen MR) is 94.9 cm³/mol. The first-order chi connectivity index (χ1) is 11.3. The molecule has 0 radical (unpaired) electrons. The maximum atomic E-state index is 10.1. The topological polar surface area (TPSA) is 44.7 Å². The van der Waals surface area contributed by atoms with Gasteiger partial charge < -0.3 is 15.2 Å². The molecule has 1 fully saturated rings. The Labute approximate surface area is 141 Å². The summed E-state index contributed by atoms with van der Waals surface area (Å²) in [6, 6.07) is 14.8. The molecule has 0 aliphatic carbocycles. The van der Waals surface area contributed by atoms with Crippen LogP contribution in [0.15, 0.2) is 47.8 Å². The Morgan fingerprint density at radius 1 is 1.26 bits per heavy atom. The molecule has 23 heavy (non-hydrogen) atoms. The molecule has 5 heteroatoms. The SMILES string of the molecule is O[C@H](COCc1cccs1)CN1CC[C@@H](Nc2ccccc2)C1. The molecule has 2 N–H and O–H groups in total. The van der Waals surface area contributed by atoms with E-state index in [4.69, 9.17) is 4.74 Å². The lowest BCUT2D eigenvalue weighted by Crippen LogP contribution is -2.35. The summed E-state index contributed by atoms with van der Waals surface area (Å²) >= 11 is 1.68. The molecular formula is C18H24N2O2S. The van der Waals surface area contributed by atoms with E-state index in [-0.39, 0.29) is 0 Å². The summed E-state index contributed by atoms with van der Waals surface area (Å²) in [5.74, 6) is 0. The molecule has 1 aliphatic heterocycles. The molecule has 2 heterocycles. The van der Waals surface area contributed by atoms with Crippen LogP contribution in [-0.2, 0) is 11.3 Å². The van der Waals surface area contributed by atoms with Gasteiger partial charge in [-0.25, -0.2) is 0 Å². The van der Waals surface area contributed by atoms with Crippen LogP contribution in [0, 0.1) is 0 Å². The summed E-state index contributed by atoms with van der Waals surface area (Å²) in [6.45, 7) is 3.65. The molecule has 2 atom stereocenters. The first-order valence-electron chi connectivity index (χ1n) is 8.12. The molecule has 1 aromatic carbocycles. The Kier molecular flexibility index (Phi) is 6.05. The molecule has 1 aliphatic rings. The number of benzene rings is 1. The lowest BCUT2D eigenvalue weighted by molar-refractivity contribution is 0.0141. The summed E-state index contributed by atoms with van der Waals surface area (Å²) in [6.07, 6.45) is 0.683. The van der Waals surface area contributed by atoms with Gasteiger partial charge in [-0.2, -0.15) is 0 Å². The maximum absolute atomic E-state index is 10.1. The van der Waals surface area contributed by atoms with E-state index in [1.807, 2.05) is 29.6 Å². The highest BCUT2D eigenvalue weighted by Crippen LogP contribution is 2.16. The van der Waals surface area contributed by atoms with E-state index >= 15 is 0 Å². The van der Waals surface area contributed by atoms with Gasteiger partial charge in [0.15, 0.2) is 0 Å². The maximum Gasteiger partial charge on any atom is 0.0900 e. The normalized spacial score (nSPS) is 19.8. The number of aliphatic hydroxyl groups excluding tert-OH is 1. The summed E-state index contributed by atoms with van der Waals surface area (Å²) in [5, 5.41) is 15.7. The molecule has 2 aromatic rings. The minimum Gasteiger partial charge on any atom is -0.389 e. The zero-order valence-corrected chi connectivity index (χ0v) is 14.0. The third-order valence-corrected chi connectivity index (χ3v) is 4.87. The summed E-state index contributed by atoms with van der Waals surface area (Å²) < 4.78 is 5.59. The molecule has 1 aromatic heterocycles. The fraction of sp³-hybridized carbons (Fsp3) is 0.444. The van der Waals surface area contributed by atoms with Crippen LogP contribution in [0.4, 0.5) is 5.69 Å². The van der Waals surface area contributed by atoms with Gasteiger partial charge in [0, 0.05) is 36.2 Å². The average molecular weight is 332 g/mol. The Morgan fingerprint density at radius 3 is 2.91 bits per heavy atom. The van der Waals surface area contributed by atoms with Gasteiger partial charge in [-0.15, -0.1) is 11.3 Å². The molecule has 4 nitrogen and oxygen atoms in total. The average Bonchev–Trinajstić information content (AvgIpc) is 3.21. The van der Waals surface area contributed by atoms with E-state index in [1.54, 1.807) is 11.3 Å². The Balaban J connectivity index is 1.34. The third kappa shape index (κ3) is 5.32. The monoisotopic (exact) mass is 332 g/mol. The van der Waals surface area contributed by atoms with E-state index in [1.165, 1.54) is 10.6 Å². The number of anilines is 1. The molecular weight excluding hydrogens is 308 g/mol. The second kappa shape index (κ2) is 8.45. The van der Waals surface area contributed by atoms with Crippen molar-refractivity contribution in [2.24, 2.45) is 0 Å². The number of ether oxygens (including phenoxy) is 1. The van der Waals surface area contributed by atoms with Gasteiger partial charge in [-0.1, -0.05) is 24.3 Å². The number of nitrogens with zero attached hydrogens (tertiary/aromatic N) is 1. The Hall–Kier alpha value is -1.40. The van der Waals surface area contributed by atoms with Crippen molar-refractivity contribution in [1.29, 1.82) is 0 Å². The number of hydrogen-bond acceptors (Lipinski definition) is 5. The molecule has 0 saturated carbocycles. The lowest BCUT2D eigenvalue weighted by Gasteiger charge is -2.20. The fourth-order valence-corrected chi connectivity index (χ4v) is 3.57. The van der Waals surface area contributed by atoms with Gasteiger partial charge in [-0.3, -0.25) is 4.90 Å². The number of β-amino-alcohol motifs (C(OH)–C–C–N with tert-alkyl or cyclic N) is 1. The van der Waals surface area contributed by atoms with E-state index < -0.39 is 6.10 Å². The van der Waals surface area contributed by atoms with Gasteiger partial charge >= 0.3 is 0 Å². The van der Waals surface area contributed by atoms with Crippen LogP contribution in [0.5, 0.6) is 0 Å². The van der Waals surface area contributed by atoms with Crippen molar-refractivity contribution in [2.75, 3.05) is 31.6 Å². The minimum atomic E-state index is -0.426. The second-order valence-electron chi connectivity index (χ2n) is 6.00. The van der Waals surface area contributed by atoms with Crippen molar-refractivity contribution < 1.29 is 9.84 Å². The van der Waals surface area contributed by atoms with Gasteiger partial charge in [0.2, 0.25) is 0 Å². The summed E-state index contributed by atoms with van der Waals surface area (Å²) in [5.41, 5.74) is 1.17. The number of nitrogens with one attached hydrogen (secondary N) is 1. The van der Waals surface area contributed by atoms with E-state index in [2.05, 4.69) is 28.4 Å². The predicted octanol–water partition coefficient (Wildman–Crippen LogP) is 2.81. The van der Waals surface area contributed by atoms with Crippen LogP contribution >= 0.6 is 11.3 Å². The van der Waals surface area contributed by atoms with E-state index in [0.717, 1.165) is 19.5 Å². The molecule has 0 unspecified atom stereocenters. The van der Waals surface area contributed by atoms with Crippen molar-refractivity contribution >= 4 is 17.0 Å². The highest BCUT2D eigenvalue weighted by atomic mass is 32.1. The zero-order valence-electron chi connectivity index (χ0n) is 13.2. The molecule has 0 amide bonds. The van der Waals surface area contributed by atoms with Crippen LogP contribution in [0.1, 0.15) is 11.3 Å². The quantitative estimate of drug-likeness (QED) is 0.780. The van der Waals surface area contributed by atoms with Crippen LogP contribution in [0.3, 0.4) is 0 Å². The van der Waals surface area contributed by atoms with Crippen molar-refractivity contribution in [3.05, 3.63) is 52.7 Å². The largest absolute Gasteiger partial charge is 0.389 e. The molecule has 124 valence electrons. The summed E-state index contributed by atoms with van der Waals surface area (Å²) in [4.78, 5) is 3.50. The highest BCUT2D eigenvalue weighted by Gasteiger charge is 2.24. The Morgan fingerprint density at radius 2 is 2.13 bits per heavy atom. The number of likely N-dealkylation sites (tertiary alicyclic amines) is 1. The van der Waals surface area contributed by atoms with Crippen molar-refractivity contribution in [3.8, 4) is 0 Å². The van der Waals surface area contributed by atoms with Crippen LogP contribution in [0.2, 0.25) is 0 Å².